The average molecular weight is 341 g/mol. The Bertz CT molecular complexity index is 683. The van der Waals surface area contributed by atoms with Crippen molar-refractivity contribution in [1.82, 2.24) is 15.0 Å². The smallest absolute Gasteiger partial charge is 0.405 e. The Kier molecular flexibility index (Phi) is 5.94. The SMILES string of the molecule is CCCCCCc1cn(-c2ccc(OC(F)(F)F)c(C=O)c2)nn1. The molecule has 1 aromatic heterocycles. The normalized spacial score (nSPS) is 11.5. The molecular formula is C16H18F3N3O2. The van der Waals surface area contributed by atoms with E-state index < -0.39 is 12.1 Å². The first-order valence-corrected chi connectivity index (χ1v) is 7.69. The Balaban J connectivity index is 2.12. The van der Waals surface area contributed by atoms with Crippen LogP contribution in [0.25, 0.3) is 5.69 Å². The molecule has 5 nitrogen and oxygen atoms in total. The van der Waals surface area contributed by atoms with Crippen molar-refractivity contribution < 1.29 is 22.7 Å². The van der Waals surface area contributed by atoms with Crippen LogP contribution in [0.15, 0.2) is 24.4 Å². The van der Waals surface area contributed by atoms with Gasteiger partial charge in [-0.2, -0.15) is 0 Å². The second-order valence-electron chi connectivity index (χ2n) is 5.35. The molecule has 0 atom stereocenters. The number of halogens is 3. The van der Waals surface area contributed by atoms with E-state index in [2.05, 4.69) is 22.0 Å². The number of aryl methyl sites for hydroxylation is 1. The van der Waals surface area contributed by atoms with Crippen molar-refractivity contribution in [2.24, 2.45) is 0 Å². The molecule has 0 aliphatic heterocycles. The lowest BCUT2D eigenvalue weighted by atomic mass is 10.1. The Labute approximate surface area is 137 Å². The van der Waals surface area contributed by atoms with Crippen molar-refractivity contribution in [2.45, 2.75) is 45.4 Å². The predicted molar refractivity (Wildman–Crippen MR) is 81.3 cm³/mol. The molecule has 0 spiro atoms. The van der Waals surface area contributed by atoms with Gasteiger partial charge in [0.25, 0.3) is 0 Å². The number of alkyl halides is 3. The molecule has 24 heavy (non-hydrogen) atoms. The lowest BCUT2D eigenvalue weighted by molar-refractivity contribution is -0.274. The minimum Gasteiger partial charge on any atom is -0.405 e. The summed E-state index contributed by atoms with van der Waals surface area (Å²) in [5.74, 6) is -0.541. The third-order valence-electron chi connectivity index (χ3n) is 3.44. The van der Waals surface area contributed by atoms with Crippen molar-refractivity contribution in [3.8, 4) is 11.4 Å². The number of aromatic nitrogens is 3. The second-order valence-corrected chi connectivity index (χ2v) is 5.35. The summed E-state index contributed by atoms with van der Waals surface area (Å²) < 4.78 is 42.1. The first-order chi connectivity index (χ1) is 11.4. The van der Waals surface area contributed by atoms with E-state index in [0.29, 0.717) is 12.0 Å². The monoisotopic (exact) mass is 341 g/mol. The molecule has 0 aliphatic rings. The van der Waals surface area contributed by atoms with E-state index >= 15 is 0 Å². The van der Waals surface area contributed by atoms with E-state index in [9.17, 15) is 18.0 Å². The number of aldehydes is 1. The predicted octanol–water partition coefficient (Wildman–Crippen LogP) is 4.10. The Morgan fingerprint density at radius 1 is 1.25 bits per heavy atom. The van der Waals surface area contributed by atoms with Gasteiger partial charge in [-0.1, -0.05) is 31.4 Å². The summed E-state index contributed by atoms with van der Waals surface area (Å²) in [5.41, 5.74) is 1.04. The third-order valence-corrected chi connectivity index (χ3v) is 3.44. The lowest BCUT2D eigenvalue weighted by Gasteiger charge is -2.11. The number of ether oxygens (including phenoxy) is 1. The van der Waals surface area contributed by atoms with E-state index in [0.717, 1.165) is 43.9 Å². The van der Waals surface area contributed by atoms with Crippen LogP contribution in [0.4, 0.5) is 13.2 Å². The standard InChI is InChI=1S/C16H18F3N3O2/c1-2-3-4-5-6-13-10-22(21-20-13)14-7-8-15(12(9-14)11-23)24-16(17,18)19/h7-11H,2-6H2,1H3. The van der Waals surface area contributed by atoms with E-state index in [1.165, 1.54) is 16.8 Å². The van der Waals surface area contributed by atoms with Crippen LogP contribution in [0.5, 0.6) is 5.75 Å². The number of hydrogen-bond donors (Lipinski definition) is 0. The summed E-state index contributed by atoms with van der Waals surface area (Å²) in [6, 6.07) is 3.77. The number of carbonyl (C=O) groups is 1. The van der Waals surface area contributed by atoms with Gasteiger partial charge in [-0.25, -0.2) is 4.68 Å². The van der Waals surface area contributed by atoms with E-state index in [1.807, 2.05) is 0 Å². The zero-order chi connectivity index (χ0) is 17.6. The van der Waals surface area contributed by atoms with Gasteiger partial charge in [0.15, 0.2) is 6.29 Å². The molecule has 0 N–H and O–H groups in total. The highest BCUT2D eigenvalue weighted by molar-refractivity contribution is 5.80. The topological polar surface area (TPSA) is 57.0 Å². The molecule has 1 heterocycles. The van der Waals surface area contributed by atoms with Crippen LogP contribution < -0.4 is 4.74 Å². The Morgan fingerprint density at radius 3 is 2.71 bits per heavy atom. The molecule has 130 valence electrons. The number of unbranched alkanes of at least 4 members (excludes halogenated alkanes) is 3. The highest BCUT2D eigenvalue weighted by Crippen LogP contribution is 2.27. The fourth-order valence-corrected chi connectivity index (χ4v) is 2.26. The number of hydrogen-bond acceptors (Lipinski definition) is 4. The van der Waals surface area contributed by atoms with Gasteiger partial charge in [-0.05, 0) is 31.0 Å². The fraction of sp³-hybridized carbons (Fsp3) is 0.438. The molecule has 8 heteroatoms. The summed E-state index contributed by atoms with van der Waals surface area (Å²) in [6.45, 7) is 2.13. The molecule has 0 amide bonds. The molecule has 1 aromatic carbocycles. The fourth-order valence-electron chi connectivity index (χ4n) is 2.26. The van der Waals surface area contributed by atoms with E-state index in [-0.39, 0.29) is 5.56 Å². The maximum absolute atomic E-state index is 12.3. The molecule has 0 unspecified atom stereocenters. The summed E-state index contributed by atoms with van der Waals surface area (Å²) in [7, 11) is 0. The van der Waals surface area contributed by atoms with E-state index in [4.69, 9.17) is 0 Å². The van der Waals surface area contributed by atoms with Gasteiger partial charge in [0.05, 0.1) is 23.1 Å². The molecule has 0 bridgehead atoms. The van der Waals surface area contributed by atoms with Crippen LogP contribution in [-0.2, 0) is 6.42 Å². The summed E-state index contributed by atoms with van der Waals surface area (Å²) in [5, 5.41) is 7.99. The summed E-state index contributed by atoms with van der Waals surface area (Å²) >= 11 is 0. The molecule has 0 fully saturated rings. The van der Waals surface area contributed by atoms with Gasteiger partial charge in [-0.3, -0.25) is 4.79 Å². The van der Waals surface area contributed by atoms with Gasteiger partial charge in [0.2, 0.25) is 0 Å². The van der Waals surface area contributed by atoms with Crippen molar-refractivity contribution in [1.29, 1.82) is 0 Å². The second kappa shape index (κ2) is 7.94. The molecular weight excluding hydrogens is 323 g/mol. The van der Waals surface area contributed by atoms with Crippen molar-refractivity contribution >= 4 is 6.29 Å². The Morgan fingerprint density at radius 2 is 2.04 bits per heavy atom. The molecule has 2 rings (SSSR count). The van der Waals surface area contributed by atoms with Gasteiger partial charge in [0, 0.05) is 0 Å². The highest BCUT2D eigenvalue weighted by Gasteiger charge is 2.32. The zero-order valence-electron chi connectivity index (χ0n) is 13.2. The van der Waals surface area contributed by atoms with Crippen LogP contribution in [0.1, 0.15) is 48.7 Å². The lowest BCUT2D eigenvalue weighted by Crippen LogP contribution is -2.18. The van der Waals surface area contributed by atoms with Gasteiger partial charge in [0.1, 0.15) is 5.75 Å². The van der Waals surface area contributed by atoms with E-state index in [1.54, 1.807) is 6.20 Å². The molecule has 0 radical (unpaired) electrons. The summed E-state index contributed by atoms with van der Waals surface area (Å²) in [4.78, 5) is 11.0. The number of benzene rings is 1. The molecule has 0 saturated carbocycles. The maximum Gasteiger partial charge on any atom is 0.573 e. The number of nitrogens with zero attached hydrogens (tertiary/aromatic N) is 3. The third kappa shape index (κ3) is 5.07. The maximum atomic E-state index is 12.3. The minimum atomic E-state index is -4.85. The van der Waals surface area contributed by atoms with Crippen LogP contribution in [-0.4, -0.2) is 27.6 Å². The van der Waals surface area contributed by atoms with Crippen molar-refractivity contribution in [2.75, 3.05) is 0 Å². The number of carbonyl (C=O) groups excluding carboxylic acids is 1. The molecule has 0 aliphatic carbocycles. The van der Waals surface area contributed by atoms with Crippen molar-refractivity contribution in [3.63, 3.8) is 0 Å². The minimum absolute atomic E-state index is 0.204. The largest absolute Gasteiger partial charge is 0.573 e. The van der Waals surface area contributed by atoms with Gasteiger partial charge in [-0.15, -0.1) is 18.3 Å². The van der Waals surface area contributed by atoms with Crippen LogP contribution in [0.2, 0.25) is 0 Å². The van der Waals surface area contributed by atoms with Crippen LogP contribution in [0.3, 0.4) is 0 Å². The molecule has 2 aromatic rings. The first kappa shape index (κ1) is 18.0. The quantitative estimate of drug-likeness (QED) is 0.536. The van der Waals surface area contributed by atoms with Crippen LogP contribution in [0, 0.1) is 0 Å². The highest BCUT2D eigenvalue weighted by atomic mass is 19.4. The number of rotatable bonds is 8. The average Bonchev–Trinajstić information content (AvgIpc) is 2.99. The Hall–Kier alpha value is -2.38. The van der Waals surface area contributed by atoms with Gasteiger partial charge >= 0.3 is 6.36 Å². The van der Waals surface area contributed by atoms with Crippen molar-refractivity contribution in [3.05, 3.63) is 35.7 Å². The van der Waals surface area contributed by atoms with Crippen LogP contribution >= 0.6 is 0 Å². The van der Waals surface area contributed by atoms with Gasteiger partial charge < -0.3 is 4.74 Å². The summed E-state index contributed by atoms with van der Waals surface area (Å²) in [6.07, 6.45) is 2.39. The molecule has 0 saturated heterocycles. The zero-order valence-corrected chi connectivity index (χ0v) is 13.2. The first-order valence-electron chi connectivity index (χ1n) is 7.69.